The van der Waals surface area contributed by atoms with Gasteiger partial charge in [-0.05, 0) is 60.9 Å². The number of rotatable bonds is 12. The highest BCUT2D eigenvalue weighted by molar-refractivity contribution is 7.91. The number of hydrogen-bond acceptors (Lipinski definition) is 4. The number of nitrogens with one attached hydrogen (secondary N) is 1. The largest absolute Gasteiger partial charge is 0.508 e. The third-order valence-electron chi connectivity index (χ3n) is 4.76. The molecular weight excluding hydrogens is 410 g/mol. The van der Waals surface area contributed by atoms with Crippen LogP contribution >= 0.6 is 0 Å². The third-order valence-corrected chi connectivity index (χ3v) is 6.38. The molecule has 2 N–H and O–H groups in total. The van der Waals surface area contributed by atoms with E-state index in [2.05, 4.69) is 12.2 Å². The molecule has 0 radical (unpaired) electrons. The Hall–Kier alpha value is -2.86. The monoisotopic (exact) mass is 441 g/mol. The minimum absolute atomic E-state index is 0.0248. The van der Waals surface area contributed by atoms with Gasteiger partial charge in [0.15, 0.2) is 9.84 Å². The first-order valence-corrected chi connectivity index (χ1v) is 12.3. The molecule has 2 aromatic rings. The highest BCUT2D eigenvalue weighted by Crippen LogP contribution is 2.16. The molecule has 0 bridgehead atoms. The van der Waals surface area contributed by atoms with E-state index < -0.39 is 9.84 Å². The molecule has 0 aliphatic carbocycles. The SMILES string of the molecule is CCCCCCCC=CCS(=O)(=O)c1ccc(NC(=O)C=Cc2ccc(O)cc2)cc1. The molecule has 1 amide bonds. The summed E-state index contributed by atoms with van der Waals surface area (Å²) in [7, 11) is -3.39. The summed E-state index contributed by atoms with van der Waals surface area (Å²) in [4.78, 5) is 12.3. The van der Waals surface area contributed by atoms with Crippen molar-refractivity contribution in [3.8, 4) is 5.75 Å². The van der Waals surface area contributed by atoms with Crippen LogP contribution in [-0.4, -0.2) is 25.2 Å². The van der Waals surface area contributed by atoms with Gasteiger partial charge in [-0.2, -0.15) is 0 Å². The van der Waals surface area contributed by atoms with E-state index in [9.17, 15) is 18.3 Å². The van der Waals surface area contributed by atoms with Crippen molar-refractivity contribution in [3.05, 3.63) is 72.3 Å². The first-order chi connectivity index (χ1) is 14.9. The van der Waals surface area contributed by atoms with Gasteiger partial charge in [-0.3, -0.25) is 4.79 Å². The van der Waals surface area contributed by atoms with E-state index in [1.165, 1.54) is 43.9 Å². The number of amides is 1. The van der Waals surface area contributed by atoms with Crippen LogP contribution < -0.4 is 5.32 Å². The van der Waals surface area contributed by atoms with E-state index in [4.69, 9.17) is 0 Å². The van der Waals surface area contributed by atoms with Crippen molar-refractivity contribution in [1.29, 1.82) is 0 Å². The second kappa shape index (κ2) is 12.7. The van der Waals surface area contributed by atoms with Crippen LogP contribution in [0.25, 0.3) is 6.08 Å². The normalized spacial score (nSPS) is 11.9. The summed E-state index contributed by atoms with van der Waals surface area (Å²) in [6, 6.07) is 12.6. The first-order valence-electron chi connectivity index (χ1n) is 10.7. The van der Waals surface area contributed by atoms with E-state index in [-0.39, 0.29) is 22.3 Å². The van der Waals surface area contributed by atoms with Crippen LogP contribution in [0, 0.1) is 0 Å². The third kappa shape index (κ3) is 9.22. The zero-order valence-corrected chi connectivity index (χ0v) is 18.8. The lowest BCUT2D eigenvalue weighted by Gasteiger charge is -2.05. The quantitative estimate of drug-likeness (QED) is 0.250. The summed E-state index contributed by atoms with van der Waals surface area (Å²) in [5.74, 6) is -0.191. The number of carbonyl (C=O) groups excluding carboxylic acids is 1. The van der Waals surface area contributed by atoms with Crippen LogP contribution in [0.5, 0.6) is 5.75 Å². The Morgan fingerprint density at radius 2 is 1.61 bits per heavy atom. The lowest BCUT2D eigenvalue weighted by atomic mass is 10.1. The molecule has 0 atom stereocenters. The fourth-order valence-electron chi connectivity index (χ4n) is 2.96. The molecule has 0 saturated heterocycles. The molecule has 0 unspecified atom stereocenters. The fourth-order valence-corrected chi connectivity index (χ4v) is 4.09. The van der Waals surface area contributed by atoms with Gasteiger partial charge in [0.05, 0.1) is 10.6 Å². The Morgan fingerprint density at radius 3 is 2.29 bits per heavy atom. The molecule has 5 nitrogen and oxygen atoms in total. The molecule has 0 saturated carbocycles. The maximum Gasteiger partial charge on any atom is 0.248 e. The number of sulfone groups is 1. The van der Waals surface area contributed by atoms with Crippen molar-refractivity contribution in [3.63, 3.8) is 0 Å². The van der Waals surface area contributed by atoms with Crippen LogP contribution in [0.15, 0.2) is 71.7 Å². The first kappa shape index (κ1) is 24.4. The highest BCUT2D eigenvalue weighted by atomic mass is 32.2. The minimum atomic E-state index is -3.39. The minimum Gasteiger partial charge on any atom is -0.508 e. The number of anilines is 1. The van der Waals surface area contributed by atoms with Gasteiger partial charge >= 0.3 is 0 Å². The van der Waals surface area contributed by atoms with E-state index >= 15 is 0 Å². The summed E-state index contributed by atoms with van der Waals surface area (Å²) in [5.41, 5.74) is 1.30. The van der Waals surface area contributed by atoms with Crippen molar-refractivity contribution in [2.45, 2.75) is 50.3 Å². The number of phenols is 1. The van der Waals surface area contributed by atoms with Crippen molar-refractivity contribution in [2.75, 3.05) is 11.1 Å². The number of aromatic hydroxyl groups is 1. The highest BCUT2D eigenvalue weighted by Gasteiger charge is 2.12. The van der Waals surface area contributed by atoms with Crippen LogP contribution in [0.3, 0.4) is 0 Å². The van der Waals surface area contributed by atoms with Gasteiger partial charge in [0, 0.05) is 11.8 Å². The topological polar surface area (TPSA) is 83.5 Å². The van der Waals surface area contributed by atoms with Crippen molar-refractivity contribution in [2.24, 2.45) is 0 Å². The standard InChI is InChI=1S/C25H31NO4S/c1-2-3-4-5-6-7-8-9-20-31(29,30)24-17-13-22(14-18-24)26-25(28)19-12-21-10-15-23(27)16-11-21/h8-19,27H,2-7,20H2,1H3,(H,26,28). The molecule has 0 spiro atoms. The summed E-state index contributed by atoms with van der Waals surface area (Å²) < 4.78 is 24.9. The van der Waals surface area contributed by atoms with Crippen LogP contribution in [0.1, 0.15) is 51.0 Å². The van der Waals surface area contributed by atoms with Gasteiger partial charge in [-0.1, -0.05) is 56.9 Å². The molecule has 31 heavy (non-hydrogen) atoms. The Balaban J connectivity index is 1.82. The maximum atomic E-state index is 12.5. The van der Waals surface area contributed by atoms with Crippen LogP contribution in [-0.2, 0) is 14.6 Å². The number of allylic oxidation sites excluding steroid dienone is 1. The number of unbranched alkanes of at least 4 members (excludes halogenated alkanes) is 5. The predicted octanol–water partition coefficient (Wildman–Crippen LogP) is 5.73. The molecule has 166 valence electrons. The number of benzene rings is 2. The Morgan fingerprint density at radius 1 is 0.935 bits per heavy atom. The predicted molar refractivity (Wildman–Crippen MR) is 127 cm³/mol. The Bertz CT molecular complexity index is 975. The molecule has 0 aliphatic rings. The average molecular weight is 442 g/mol. The van der Waals surface area contributed by atoms with Gasteiger partial charge in [0.2, 0.25) is 5.91 Å². The summed E-state index contributed by atoms with van der Waals surface area (Å²) in [6.07, 6.45) is 13.6. The van der Waals surface area contributed by atoms with Gasteiger partial charge in [0.1, 0.15) is 5.75 Å². The number of phenolic OH excluding ortho intramolecular Hbond substituents is 1. The fraction of sp³-hybridized carbons (Fsp3) is 0.320. The molecule has 0 fully saturated rings. The Labute approximate surface area is 185 Å². The van der Waals surface area contributed by atoms with Crippen molar-refractivity contribution >= 4 is 27.5 Å². The number of carbonyl (C=O) groups is 1. The van der Waals surface area contributed by atoms with E-state index in [1.807, 2.05) is 6.08 Å². The number of hydrogen-bond donors (Lipinski definition) is 2. The Kier molecular flexibility index (Phi) is 10.0. The second-order valence-electron chi connectivity index (χ2n) is 7.39. The molecule has 2 aromatic carbocycles. The van der Waals surface area contributed by atoms with Crippen LogP contribution in [0.2, 0.25) is 0 Å². The van der Waals surface area contributed by atoms with E-state index in [1.54, 1.807) is 48.6 Å². The van der Waals surface area contributed by atoms with Gasteiger partial charge in [-0.25, -0.2) is 8.42 Å². The van der Waals surface area contributed by atoms with Gasteiger partial charge in [-0.15, -0.1) is 0 Å². The second-order valence-corrected chi connectivity index (χ2v) is 9.43. The summed E-state index contributed by atoms with van der Waals surface area (Å²) >= 11 is 0. The van der Waals surface area contributed by atoms with Crippen molar-refractivity contribution < 1.29 is 18.3 Å². The lowest BCUT2D eigenvalue weighted by molar-refractivity contribution is -0.111. The van der Waals surface area contributed by atoms with Gasteiger partial charge < -0.3 is 10.4 Å². The molecule has 0 heterocycles. The van der Waals surface area contributed by atoms with Gasteiger partial charge in [0.25, 0.3) is 0 Å². The molecule has 0 aromatic heterocycles. The molecule has 6 heteroatoms. The van der Waals surface area contributed by atoms with E-state index in [0.29, 0.717) is 5.69 Å². The van der Waals surface area contributed by atoms with Crippen LogP contribution in [0.4, 0.5) is 5.69 Å². The smallest absolute Gasteiger partial charge is 0.248 e. The average Bonchev–Trinajstić information content (AvgIpc) is 2.75. The maximum absolute atomic E-state index is 12.5. The summed E-state index contributed by atoms with van der Waals surface area (Å²) in [5, 5.41) is 12.0. The van der Waals surface area contributed by atoms with Crippen molar-refractivity contribution in [1.82, 2.24) is 0 Å². The molecule has 2 rings (SSSR count). The zero-order chi connectivity index (χ0) is 22.5. The molecule has 0 aliphatic heterocycles. The lowest BCUT2D eigenvalue weighted by Crippen LogP contribution is -2.08. The molecular formula is C25H31NO4S. The zero-order valence-electron chi connectivity index (χ0n) is 18.0. The van der Waals surface area contributed by atoms with E-state index in [0.717, 1.165) is 18.4 Å². The summed E-state index contributed by atoms with van der Waals surface area (Å²) in [6.45, 7) is 2.18.